The number of urea groups is 1. The van der Waals surface area contributed by atoms with Crippen molar-refractivity contribution in [2.75, 3.05) is 19.7 Å². The molecule has 26 heavy (non-hydrogen) atoms. The van der Waals surface area contributed by atoms with Gasteiger partial charge < -0.3 is 19.9 Å². The molecule has 1 fully saturated rings. The number of H-pyrrole nitrogens is 1. The van der Waals surface area contributed by atoms with Crippen molar-refractivity contribution in [1.29, 1.82) is 0 Å². The van der Waals surface area contributed by atoms with Gasteiger partial charge in [0.05, 0.1) is 25.2 Å². The molecule has 2 N–H and O–H groups in total. The van der Waals surface area contributed by atoms with E-state index in [2.05, 4.69) is 15.3 Å². The van der Waals surface area contributed by atoms with E-state index in [0.717, 1.165) is 30.7 Å². The van der Waals surface area contributed by atoms with Crippen LogP contribution in [-0.4, -0.2) is 40.6 Å². The standard InChI is InChI=1S/C19H24N4O3/c1-14-5-2-3-7-17(14)26-12-15-6-4-8-23(11-15)19(25)20-10-16-9-18(24)22-13-21-16/h2-3,5,7,9,13,15H,4,6,8,10-12H2,1H3,(H,20,25)(H,21,22,24). The molecule has 1 aromatic heterocycles. The second-order valence-electron chi connectivity index (χ2n) is 6.59. The minimum absolute atomic E-state index is 0.132. The van der Waals surface area contributed by atoms with Gasteiger partial charge in [0.1, 0.15) is 5.75 Å². The Balaban J connectivity index is 1.48. The fourth-order valence-corrected chi connectivity index (χ4v) is 3.10. The lowest BCUT2D eigenvalue weighted by molar-refractivity contribution is 0.137. The molecule has 2 aromatic rings. The molecular weight excluding hydrogens is 332 g/mol. The van der Waals surface area contributed by atoms with Crippen LogP contribution in [0.1, 0.15) is 24.1 Å². The van der Waals surface area contributed by atoms with E-state index in [9.17, 15) is 9.59 Å². The molecule has 7 nitrogen and oxygen atoms in total. The second kappa shape index (κ2) is 8.51. The molecule has 1 aromatic carbocycles. The van der Waals surface area contributed by atoms with E-state index < -0.39 is 0 Å². The van der Waals surface area contributed by atoms with Crippen LogP contribution < -0.4 is 15.6 Å². The monoisotopic (exact) mass is 356 g/mol. The zero-order valence-electron chi connectivity index (χ0n) is 14.9. The van der Waals surface area contributed by atoms with Gasteiger partial charge in [0.2, 0.25) is 0 Å². The third-order valence-electron chi connectivity index (χ3n) is 4.53. The van der Waals surface area contributed by atoms with Crippen molar-refractivity contribution < 1.29 is 9.53 Å². The smallest absolute Gasteiger partial charge is 0.317 e. The van der Waals surface area contributed by atoms with Crippen LogP contribution >= 0.6 is 0 Å². The molecular formula is C19H24N4O3. The number of aryl methyl sites for hydroxylation is 1. The summed E-state index contributed by atoms with van der Waals surface area (Å²) in [6.45, 7) is 4.27. The van der Waals surface area contributed by atoms with Gasteiger partial charge in [-0.05, 0) is 31.4 Å². The molecule has 1 aliphatic heterocycles. The molecule has 1 unspecified atom stereocenters. The second-order valence-corrected chi connectivity index (χ2v) is 6.59. The van der Waals surface area contributed by atoms with Crippen LogP contribution in [-0.2, 0) is 6.54 Å². The van der Waals surface area contributed by atoms with Crippen LogP contribution in [0.25, 0.3) is 0 Å². The van der Waals surface area contributed by atoms with E-state index in [-0.39, 0.29) is 18.1 Å². The first-order valence-electron chi connectivity index (χ1n) is 8.86. The highest BCUT2D eigenvalue weighted by molar-refractivity contribution is 5.74. The molecule has 1 aliphatic rings. The summed E-state index contributed by atoms with van der Waals surface area (Å²) in [6, 6.07) is 9.20. The molecule has 0 saturated carbocycles. The van der Waals surface area contributed by atoms with E-state index >= 15 is 0 Å². The van der Waals surface area contributed by atoms with Crippen molar-refractivity contribution in [3.8, 4) is 5.75 Å². The average molecular weight is 356 g/mol. The molecule has 7 heteroatoms. The van der Waals surface area contributed by atoms with Gasteiger partial charge in [0, 0.05) is 25.1 Å². The number of para-hydroxylation sites is 1. The Bertz CT molecular complexity index is 805. The van der Waals surface area contributed by atoms with Gasteiger partial charge >= 0.3 is 6.03 Å². The van der Waals surface area contributed by atoms with Crippen LogP contribution in [0.5, 0.6) is 5.75 Å². The van der Waals surface area contributed by atoms with Crippen LogP contribution in [0, 0.1) is 12.8 Å². The largest absolute Gasteiger partial charge is 0.493 e. The first kappa shape index (κ1) is 18.0. The van der Waals surface area contributed by atoms with Crippen LogP contribution in [0.4, 0.5) is 4.79 Å². The number of benzene rings is 1. The fraction of sp³-hybridized carbons (Fsp3) is 0.421. The number of aromatic amines is 1. The van der Waals surface area contributed by atoms with Gasteiger partial charge in [-0.2, -0.15) is 0 Å². The summed E-state index contributed by atoms with van der Waals surface area (Å²) in [4.78, 5) is 31.9. The van der Waals surface area contributed by atoms with Crippen LogP contribution in [0.3, 0.4) is 0 Å². The lowest BCUT2D eigenvalue weighted by Gasteiger charge is -2.32. The molecule has 1 saturated heterocycles. The van der Waals surface area contributed by atoms with E-state index in [1.54, 1.807) is 0 Å². The van der Waals surface area contributed by atoms with Crippen molar-refractivity contribution in [3.63, 3.8) is 0 Å². The van der Waals surface area contributed by atoms with E-state index in [1.165, 1.54) is 12.4 Å². The third kappa shape index (κ3) is 4.84. The highest BCUT2D eigenvalue weighted by Gasteiger charge is 2.24. The summed E-state index contributed by atoms with van der Waals surface area (Å²) in [7, 11) is 0. The first-order valence-corrected chi connectivity index (χ1v) is 8.86. The number of hydrogen-bond donors (Lipinski definition) is 2. The minimum atomic E-state index is -0.226. The molecule has 2 amide bonds. The third-order valence-corrected chi connectivity index (χ3v) is 4.53. The Hall–Kier alpha value is -2.83. The first-order chi connectivity index (χ1) is 12.6. The van der Waals surface area contributed by atoms with Crippen LogP contribution in [0.15, 0.2) is 41.5 Å². The van der Waals surface area contributed by atoms with Crippen molar-refractivity contribution in [1.82, 2.24) is 20.2 Å². The van der Waals surface area contributed by atoms with Gasteiger partial charge in [-0.25, -0.2) is 9.78 Å². The number of amides is 2. The molecule has 3 rings (SSSR count). The van der Waals surface area contributed by atoms with Gasteiger partial charge in [-0.15, -0.1) is 0 Å². The molecule has 2 heterocycles. The summed E-state index contributed by atoms with van der Waals surface area (Å²) < 4.78 is 5.94. The zero-order valence-corrected chi connectivity index (χ0v) is 14.9. The Morgan fingerprint density at radius 1 is 1.42 bits per heavy atom. The van der Waals surface area contributed by atoms with Gasteiger partial charge in [-0.1, -0.05) is 18.2 Å². The number of hydrogen-bond acceptors (Lipinski definition) is 4. The lowest BCUT2D eigenvalue weighted by atomic mass is 9.99. The number of rotatable bonds is 5. The topological polar surface area (TPSA) is 87.3 Å². The van der Waals surface area contributed by atoms with Crippen molar-refractivity contribution in [3.05, 3.63) is 58.3 Å². The van der Waals surface area contributed by atoms with Crippen LogP contribution in [0.2, 0.25) is 0 Å². The lowest BCUT2D eigenvalue weighted by Crippen LogP contribution is -2.46. The average Bonchev–Trinajstić information content (AvgIpc) is 2.66. The summed E-state index contributed by atoms with van der Waals surface area (Å²) in [6.07, 6.45) is 3.34. The number of ether oxygens (including phenoxy) is 1. The minimum Gasteiger partial charge on any atom is -0.493 e. The number of likely N-dealkylation sites (tertiary alicyclic amines) is 1. The quantitative estimate of drug-likeness (QED) is 0.859. The number of piperidine rings is 1. The molecule has 138 valence electrons. The van der Waals surface area contributed by atoms with Gasteiger partial charge in [-0.3, -0.25) is 4.79 Å². The van der Waals surface area contributed by atoms with E-state index in [1.807, 2.05) is 36.1 Å². The van der Waals surface area contributed by atoms with Crippen molar-refractivity contribution in [2.24, 2.45) is 5.92 Å². The number of aromatic nitrogens is 2. The van der Waals surface area contributed by atoms with E-state index in [0.29, 0.717) is 24.8 Å². The normalized spacial score (nSPS) is 17.0. The Labute approximate surface area is 152 Å². The predicted octanol–water partition coefficient (Wildman–Crippen LogP) is 2.08. The van der Waals surface area contributed by atoms with Crippen molar-refractivity contribution in [2.45, 2.75) is 26.3 Å². The predicted molar refractivity (Wildman–Crippen MR) is 98.1 cm³/mol. The molecule has 0 aliphatic carbocycles. The van der Waals surface area contributed by atoms with E-state index in [4.69, 9.17) is 4.74 Å². The summed E-state index contributed by atoms with van der Waals surface area (Å²) in [5, 5.41) is 2.83. The highest BCUT2D eigenvalue weighted by atomic mass is 16.5. The van der Waals surface area contributed by atoms with Gasteiger partial charge in [0.15, 0.2) is 0 Å². The SMILES string of the molecule is Cc1ccccc1OCC1CCCN(C(=O)NCc2cc(=O)[nH]cn2)C1. The maximum absolute atomic E-state index is 12.4. The summed E-state index contributed by atoms with van der Waals surface area (Å²) >= 11 is 0. The number of nitrogens with one attached hydrogen (secondary N) is 2. The molecule has 0 radical (unpaired) electrons. The fourth-order valence-electron chi connectivity index (χ4n) is 3.10. The Morgan fingerprint density at radius 3 is 3.08 bits per heavy atom. The molecule has 0 bridgehead atoms. The maximum atomic E-state index is 12.4. The summed E-state index contributed by atoms with van der Waals surface area (Å²) in [5.74, 6) is 1.21. The number of carbonyl (C=O) groups excluding carboxylic acids is 1. The molecule has 0 spiro atoms. The molecule has 1 atom stereocenters. The summed E-state index contributed by atoms with van der Waals surface area (Å²) in [5.41, 5.74) is 1.43. The number of nitrogens with zero attached hydrogens (tertiary/aromatic N) is 2. The Kier molecular flexibility index (Phi) is 5.88. The van der Waals surface area contributed by atoms with Crippen molar-refractivity contribution >= 4 is 6.03 Å². The highest BCUT2D eigenvalue weighted by Crippen LogP contribution is 2.21. The zero-order chi connectivity index (χ0) is 18.4. The Morgan fingerprint density at radius 2 is 2.27 bits per heavy atom. The number of carbonyl (C=O) groups is 1. The van der Waals surface area contributed by atoms with Gasteiger partial charge in [0.25, 0.3) is 5.56 Å². The maximum Gasteiger partial charge on any atom is 0.317 e.